The Labute approximate surface area is 441 Å². The molecule has 9 heteroatoms. The van der Waals surface area contributed by atoms with Crippen molar-refractivity contribution in [2.45, 2.75) is 361 Å². The summed E-state index contributed by atoms with van der Waals surface area (Å²) in [7, 11) is 0. The van der Waals surface area contributed by atoms with Gasteiger partial charge in [-0.05, 0) is 38.5 Å². The van der Waals surface area contributed by atoms with Gasteiger partial charge in [0.05, 0.1) is 0 Å². The van der Waals surface area contributed by atoms with E-state index in [1.54, 1.807) is 0 Å². The molecule has 0 aromatic heterocycles. The predicted octanol–water partition coefficient (Wildman–Crippen LogP) is 16.9. The third kappa shape index (κ3) is 62.6. The van der Waals surface area contributed by atoms with Crippen LogP contribution in [0.4, 0.5) is 0 Å². The molecule has 2 atom stereocenters. The number of ether oxygens (including phenoxy) is 2. The van der Waals surface area contributed by atoms with Gasteiger partial charge in [-0.2, -0.15) is 0 Å². The summed E-state index contributed by atoms with van der Waals surface area (Å²) in [5.41, 5.74) is 0. The minimum absolute atomic E-state index is 0. The summed E-state index contributed by atoms with van der Waals surface area (Å²) < 4.78 is 11.0. The van der Waals surface area contributed by atoms with Gasteiger partial charge in [-0.25, -0.2) is 0 Å². The first-order valence-corrected chi connectivity index (χ1v) is 30.0. The Morgan fingerprint density at radius 3 is 0.652 bits per heavy atom. The van der Waals surface area contributed by atoms with E-state index in [1.807, 2.05) is 0 Å². The molecule has 69 heavy (non-hydrogen) atoms. The van der Waals surface area contributed by atoms with Crippen LogP contribution < -0.4 is 10.2 Å². The fourth-order valence-electron chi connectivity index (χ4n) is 9.21. The first kappa shape index (κ1) is 71.8. The molecule has 0 aliphatic heterocycles. The molecule has 0 bridgehead atoms. The van der Waals surface area contributed by atoms with Crippen molar-refractivity contribution in [3.8, 4) is 0 Å². The molecule has 0 fully saturated rings. The minimum Gasteiger partial charge on any atom is -0.550 e. The number of carbonyl (C=O) groups is 4. The van der Waals surface area contributed by atoms with Crippen LogP contribution in [-0.2, 0) is 48.1 Å². The molecule has 0 amide bonds. The monoisotopic (exact) mass is 1030 g/mol. The molecule has 0 N–H and O–H groups in total. The fraction of sp³-hybridized carbons (Fsp3) is 0.933. The van der Waals surface area contributed by atoms with Crippen molar-refractivity contribution in [2.24, 2.45) is 0 Å². The third-order valence-electron chi connectivity index (χ3n) is 13.6. The van der Waals surface area contributed by atoms with Crippen molar-refractivity contribution in [1.29, 1.82) is 0 Å². The number of aliphatic carboxylic acids is 2. The van der Waals surface area contributed by atoms with E-state index >= 15 is 0 Å². The van der Waals surface area contributed by atoms with E-state index in [1.165, 1.54) is 231 Å². The number of hydrogen-bond donors (Lipinski definition) is 0. The first-order chi connectivity index (χ1) is 33.2. The van der Waals surface area contributed by atoms with Crippen LogP contribution in [0.2, 0.25) is 0 Å². The number of carbonyl (C=O) groups excluding carboxylic acids is 4. The van der Waals surface area contributed by atoms with Crippen LogP contribution in [-0.4, -0.2) is 36.1 Å². The Kier molecular flexibility index (Phi) is 63.2. The summed E-state index contributed by atoms with van der Waals surface area (Å²) in [6.07, 6.45) is 55.7. The molecule has 0 rings (SSSR count). The summed E-state index contributed by atoms with van der Waals surface area (Å²) in [5, 5.41) is 22.1. The van der Waals surface area contributed by atoms with Crippen LogP contribution in [0.15, 0.2) is 0 Å². The Morgan fingerprint density at radius 2 is 0.464 bits per heavy atom. The molecule has 0 aromatic rings. The van der Waals surface area contributed by atoms with Gasteiger partial charge in [-0.15, -0.1) is 0 Å². The molecule has 2 unspecified atom stereocenters. The second kappa shape index (κ2) is 60.8. The molecule has 0 spiro atoms. The number of carboxylic acid groups (broad SMARTS) is 2. The van der Waals surface area contributed by atoms with Gasteiger partial charge in [0, 0.05) is 37.6 Å². The summed E-state index contributed by atoms with van der Waals surface area (Å²) in [4.78, 5) is 46.4. The molecule has 8 nitrogen and oxygen atoms in total. The van der Waals surface area contributed by atoms with E-state index < -0.39 is 24.1 Å². The molecule has 0 aliphatic rings. The van der Waals surface area contributed by atoms with Crippen LogP contribution in [0, 0.1) is 0 Å². The zero-order valence-electron chi connectivity index (χ0n) is 46.5. The normalized spacial score (nSPS) is 11.9. The average Bonchev–Trinajstić information content (AvgIpc) is 3.30. The Morgan fingerprint density at radius 1 is 0.290 bits per heavy atom. The van der Waals surface area contributed by atoms with Crippen LogP contribution in [0.25, 0.3) is 0 Å². The number of unbranched alkanes of at least 4 members (excludes halogenated alkanes) is 40. The Balaban J connectivity index is -0.00000124. The van der Waals surface area contributed by atoms with E-state index in [-0.39, 0.29) is 44.3 Å². The van der Waals surface area contributed by atoms with Gasteiger partial charge in [0.25, 0.3) is 0 Å². The minimum atomic E-state index is -1.13. The predicted molar refractivity (Wildman–Crippen MR) is 283 cm³/mol. The number of carboxylic acids is 2. The van der Waals surface area contributed by atoms with Gasteiger partial charge in [0.1, 0.15) is 12.2 Å². The van der Waals surface area contributed by atoms with E-state index in [4.69, 9.17) is 9.47 Å². The van der Waals surface area contributed by atoms with Crippen LogP contribution in [0.5, 0.6) is 0 Å². The number of esters is 2. The van der Waals surface area contributed by atoms with Crippen molar-refractivity contribution >= 4 is 23.9 Å². The SMILES string of the molecule is CCCCCCCCCCCCCCCC(CC(=O)[O-])OC(=O)CCCCCCCCCCC.CCCCCCCCCCCCCCCC(CC(=O)[O-])OC(=O)CCCCCCCCCCC.[Zn+2]. The summed E-state index contributed by atoms with van der Waals surface area (Å²) in [6, 6.07) is 0. The molecule has 0 aliphatic carbocycles. The third-order valence-corrected chi connectivity index (χ3v) is 13.6. The van der Waals surface area contributed by atoms with Gasteiger partial charge in [-0.1, -0.05) is 285 Å². The molecular formula is C60H114O8Zn. The topological polar surface area (TPSA) is 133 Å². The van der Waals surface area contributed by atoms with Crippen LogP contribution in [0.3, 0.4) is 0 Å². The second-order valence-corrected chi connectivity index (χ2v) is 20.6. The molecule has 0 saturated carbocycles. The van der Waals surface area contributed by atoms with Crippen molar-refractivity contribution in [3.63, 3.8) is 0 Å². The second-order valence-electron chi connectivity index (χ2n) is 20.6. The summed E-state index contributed by atoms with van der Waals surface area (Å²) in [6.45, 7) is 8.98. The van der Waals surface area contributed by atoms with Gasteiger partial charge < -0.3 is 29.3 Å². The first-order valence-electron chi connectivity index (χ1n) is 30.0. The van der Waals surface area contributed by atoms with Crippen LogP contribution >= 0.6 is 0 Å². The summed E-state index contributed by atoms with van der Waals surface area (Å²) in [5.74, 6) is -2.75. The zero-order chi connectivity index (χ0) is 50.2. The quantitative estimate of drug-likeness (QED) is 0.0334. The van der Waals surface area contributed by atoms with E-state index in [0.29, 0.717) is 25.7 Å². The van der Waals surface area contributed by atoms with Gasteiger partial charge in [0.2, 0.25) is 0 Å². The smallest absolute Gasteiger partial charge is 0.550 e. The van der Waals surface area contributed by atoms with E-state index in [2.05, 4.69) is 27.7 Å². The molecule has 0 saturated heterocycles. The zero-order valence-corrected chi connectivity index (χ0v) is 49.5. The molecule has 0 radical (unpaired) electrons. The van der Waals surface area contributed by atoms with Crippen LogP contribution in [0.1, 0.15) is 349 Å². The summed E-state index contributed by atoms with van der Waals surface area (Å²) >= 11 is 0. The number of hydrogen-bond acceptors (Lipinski definition) is 8. The van der Waals surface area contributed by atoms with E-state index in [0.717, 1.165) is 51.4 Å². The largest absolute Gasteiger partial charge is 2.00 e. The molecule has 0 heterocycles. The van der Waals surface area contributed by atoms with Gasteiger partial charge >= 0.3 is 31.4 Å². The fourth-order valence-corrected chi connectivity index (χ4v) is 9.21. The maximum absolute atomic E-state index is 12.1. The maximum Gasteiger partial charge on any atom is 2.00 e. The van der Waals surface area contributed by atoms with E-state index in [9.17, 15) is 29.4 Å². The van der Waals surface area contributed by atoms with Gasteiger partial charge in [-0.3, -0.25) is 9.59 Å². The molecular weight excluding hydrogens is 914 g/mol. The number of rotatable bonds is 54. The van der Waals surface area contributed by atoms with Crippen molar-refractivity contribution in [2.75, 3.05) is 0 Å². The van der Waals surface area contributed by atoms with Gasteiger partial charge in [0.15, 0.2) is 0 Å². The Hall–Kier alpha value is -1.50. The standard InChI is InChI=1S/2C30H58O4.Zn/c2*1-3-5-7-9-11-13-14-15-16-18-19-21-23-25-28(27-29(31)32)34-30(33)26-24-22-20-17-12-10-8-6-4-2;/h2*28H,3-27H2,1-2H3,(H,31,32);/q;;+2/p-2. The van der Waals surface area contributed by atoms with Crippen molar-refractivity contribution < 1.29 is 58.3 Å². The van der Waals surface area contributed by atoms with Crippen molar-refractivity contribution in [3.05, 3.63) is 0 Å². The Bertz CT molecular complexity index is 988. The average molecular weight is 1030 g/mol. The molecule has 404 valence electrons. The maximum atomic E-state index is 12.1. The van der Waals surface area contributed by atoms with Crippen molar-refractivity contribution in [1.82, 2.24) is 0 Å². The molecule has 0 aromatic carbocycles.